The molecule has 2 amide bonds. The summed E-state index contributed by atoms with van der Waals surface area (Å²) in [6.45, 7) is 8.06. The molecule has 1 aliphatic heterocycles. The van der Waals surface area contributed by atoms with Crippen molar-refractivity contribution in [1.29, 1.82) is 0 Å². The second-order valence-corrected chi connectivity index (χ2v) is 10.5. The van der Waals surface area contributed by atoms with Crippen LogP contribution in [0.4, 0.5) is 0 Å². The van der Waals surface area contributed by atoms with Crippen LogP contribution >= 0.6 is 0 Å². The zero-order chi connectivity index (χ0) is 28.2. The molecular weight excluding hydrogens is 504 g/mol. The van der Waals surface area contributed by atoms with E-state index < -0.39 is 11.6 Å². The van der Waals surface area contributed by atoms with Gasteiger partial charge < -0.3 is 28.8 Å². The molecule has 2 atom stereocenters. The van der Waals surface area contributed by atoms with Crippen molar-refractivity contribution >= 4 is 11.8 Å². The van der Waals surface area contributed by atoms with Crippen LogP contribution in [0.15, 0.2) is 34.7 Å². The molecule has 0 unspecified atom stereocenters. The lowest BCUT2D eigenvalue weighted by Gasteiger charge is -2.33. The Morgan fingerprint density at radius 2 is 1.95 bits per heavy atom. The smallest absolute Gasteiger partial charge is 0.251 e. The van der Waals surface area contributed by atoms with Crippen molar-refractivity contribution in [2.75, 3.05) is 27.4 Å². The monoisotopic (exact) mass is 540 g/mol. The summed E-state index contributed by atoms with van der Waals surface area (Å²) in [5.74, 6) is 1.70. The molecule has 12 nitrogen and oxygen atoms in total. The lowest BCUT2D eigenvalue weighted by molar-refractivity contribution is -0.144. The number of ether oxygens (including phenoxy) is 3. The summed E-state index contributed by atoms with van der Waals surface area (Å²) in [5.41, 5.74) is 0.133. The van der Waals surface area contributed by atoms with Crippen LogP contribution in [0.1, 0.15) is 51.2 Å². The van der Waals surface area contributed by atoms with Crippen LogP contribution in [0.2, 0.25) is 0 Å². The number of carbonyl (C=O) groups excluding carboxylic acids is 2. The number of aryl methyl sites for hydroxylation is 1. The molecular formula is C27H36N6O6. The third-order valence-electron chi connectivity index (χ3n) is 6.20. The largest absolute Gasteiger partial charge is 0.493 e. The molecule has 0 spiro atoms. The highest BCUT2D eigenvalue weighted by Gasteiger charge is 2.37. The second kappa shape index (κ2) is 11.9. The van der Waals surface area contributed by atoms with E-state index in [1.54, 1.807) is 51.5 Å². The lowest BCUT2D eigenvalue weighted by atomic mass is 10.1. The van der Waals surface area contributed by atoms with E-state index in [-0.39, 0.29) is 31.0 Å². The number of hydrogen-bond acceptors (Lipinski definition) is 9. The fourth-order valence-electron chi connectivity index (χ4n) is 4.43. The lowest BCUT2D eigenvalue weighted by Crippen LogP contribution is -2.51. The summed E-state index contributed by atoms with van der Waals surface area (Å²) in [7, 11) is 3.10. The molecule has 3 heterocycles. The number of nitrogens with one attached hydrogen (secondary N) is 1. The number of methoxy groups -OCH3 is 2. The van der Waals surface area contributed by atoms with Gasteiger partial charge in [0.15, 0.2) is 17.5 Å². The van der Waals surface area contributed by atoms with E-state index in [1.165, 1.54) is 9.70 Å². The van der Waals surface area contributed by atoms with Gasteiger partial charge in [-0.2, -0.15) is 4.80 Å². The molecule has 39 heavy (non-hydrogen) atoms. The van der Waals surface area contributed by atoms with E-state index in [1.807, 2.05) is 20.8 Å². The molecule has 12 heteroatoms. The molecule has 1 aliphatic rings. The summed E-state index contributed by atoms with van der Waals surface area (Å²) in [4.78, 5) is 30.1. The molecule has 2 aromatic heterocycles. The Morgan fingerprint density at radius 1 is 1.18 bits per heavy atom. The van der Waals surface area contributed by atoms with Crippen LogP contribution in [0.3, 0.4) is 0 Å². The quantitative estimate of drug-likeness (QED) is 0.412. The molecule has 4 rings (SSSR count). The average Bonchev–Trinajstić information content (AvgIpc) is 3.65. The Hall–Kier alpha value is -3.93. The minimum atomic E-state index is -0.997. The normalized spacial score (nSPS) is 16.1. The minimum absolute atomic E-state index is 0.194. The van der Waals surface area contributed by atoms with Crippen LogP contribution in [0.5, 0.6) is 11.5 Å². The Kier molecular flexibility index (Phi) is 8.54. The van der Waals surface area contributed by atoms with Crippen LogP contribution in [0.25, 0.3) is 11.4 Å². The number of rotatable bonds is 10. The number of aromatic nitrogens is 4. The zero-order valence-corrected chi connectivity index (χ0v) is 23.3. The van der Waals surface area contributed by atoms with Gasteiger partial charge in [0.1, 0.15) is 18.1 Å². The Labute approximate surface area is 227 Å². The van der Waals surface area contributed by atoms with Crippen LogP contribution in [-0.4, -0.2) is 75.9 Å². The van der Waals surface area contributed by atoms with Gasteiger partial charge >= 0.3 is 0 Å². The maximum Gasteiger partial charge on any atom is 0.251 e. The number of benzene rings is 1. The fraction of sp³-hybridized carbons (Fsp3) is 0.519. The third-order valence-corrected chi connectivity index (χ3v) is 6.20. The molecule has 0 bridgehead atoms. The highest BCUT2D eigenvalue weighted by Crippen LogP contribution is 2.31. The Bertz CT molecular complexity index is 1290. The SMILES string of the molecule is COc1ccc(-c2nnn(CC(=O)N(C[C@@H]3CCCO3)[C@@H](C(=O)NC(C)(C)C)c3ccc(C)o3)n2)cc1OC. The highest BCUT2D eigenvalue weighted by atomic mass is 16.5. The standard InChI is InChI=1S/C27H36N6O6/c1-17-9-11-21(39-17)24(26(35)28-27(2,3)4)32(15-19-8-7-13-38-19)23(34)16-33-30-25(29-31-33)18-10-12-20(36-5)22(14-18)37-6/h9-12,14,19,24H,7-8,13,15-16H2,1-6H3,(H,28,35)/t19-,24+/m0/s1. The number of furan rings is 1. The van der Waals surface area contributed by atoms with E-state index >= 15 is 0 Å². The number of tetrazole rings is 1. The Morgan fingerprint density at radius 3 is 2.56 bits per heavy atom. The van der Waals surface area contributed by atoms with Gasteiger partial charge in [0.25, 0.3) is 5.91 Å². The fourth-order valence-corrected chi connectivity index (χ4v) is 4.43. The number of hydrogen-bond donors (Lipinski definition) is 1. The van der Waals surface area contributed by atoms with E-state index in [9.17, 15) is 9.59 Å². The third kappa shape index (κ3) is 6.94. The predicted octanol–water partition coefficient (Wildman–Crippen LogP) is 2.92. The van der Waals surface area contributed by atoms with Gasteiger partial charge in [-0.1, -0.05) is 0 Å². The molecule has 1 fully saturated rings. The summed E-state index contributed by atoms with van der Waals surface area (Å²) >= 11 is 0. The van der Waals surface area contributed by atoms with Crippen molar-refractivity contribution in [3.05, 3.63) is 41.9 Å². The van der Waals surface area contributed by atoms with Crippen molar-refractivity contribution in [3.8, 4) is 22.9 Å². The first-order chi connectivity index (χ1) is 18.6. The van der Waals surface area contributed by atoms with Gasteiger partial charge in [-0.15, -0.1) is 10.2 Å². The van der Waals surface area contributed by atoms with Gasteiger partial charge in [0.2, 0.25) is 11.7 Å². The van der Waals surface area contributed by atoms with E-state index in [0.717, 1.165) is 12.8 Å². The summed E-state index contributed by atoms with van der Waals surface area (Å²) in [6.07, 6.45) is 1.49. The number of carbonyl (C=O) groups is 2. The van der Waals surface area contributed by atoms with Crippen molar-refractivity contribution in [2.45, 2.75) is 64.8 Å². The maximum atomic E-state index is 13.8. The van der Waals surface area contributed by atoms with Gasteiger partial charge in [-0.05, 0) is 76.1 Å². The van der Waals surface area contributed by atoms with Gasteiger partial charge in [0.05, 0.1) is 20.3 Å². The van der Waals surface area contributed by atoms with Gasteiger partial charge in [-0.25, -0.2) is 0 Å². The van der Waals surface area contributed by atoms with Crippen molar-refractivity contribution < 1.29 is 28.2 Å². The Balaban J connectivity index is 1.62. The molecule has 210 valence electrons. The van der Waals surface area contributed by atoms with E-state index in [2.05, 4.69) is 20.7 Å². The van der Waals surface area contributed by atoms with Crippen molar-refractivity contribution in [2.24, 2.45) is 0 Å². The molecule has 0 radical (unpaired) electrons. The summed E-state index contributed by atoms with van der Waals surface area (Å²) in [5, 5.41) is 15.6. The molecule has 1 aromatic carbocycles. The average molecular weight is 541 g/mol. The van der Waals surface area contributed by atoms with Crippen molar-refractivity contribution in [3.63, 3.8) is 0 Å². The summed E-state index contributed by atoms with van der Waals surface area (Å²) < 4.78 is 22.3. The molecule has 1 saturated heterocycles. The molecule has 3 aromatic rings. The summed E-state index contributed by atoms with van der Waals surface area (Å²) in [6, 6.07) is 7.76. The minimum Gasteiger partial charge on any atom is -0.493 e. The maximum absolute atomic E-state index is 13.8. The molecule has 0 aliphatic carbocycles. The first-order valence-corrected chi connectivity index (χ1v) is 12.9. The van der Waals surface area contributed by atoms with Crippen molar-refractivity contribution in [1.82, 2.24) is 30.4 Å². The molecule has 1 N–H and O–H groups in total. The van der Waals surface area contributed by atoms with Crippen LogP contribution in [0, 0.1) is 6.92 Å². The number of amides is 2. The van der Waals surface area contributed by atoms with Gasteiger partial charge in [0, 0.05) is 24.3 Å². The van der Waals surface area contributed by atoms with Crippen LogP contribution in [-0.2, 0) is 20.9 Å². The van der Waals surface area contributed by atoms with E-state index in [4.69, 9.17) is 18.6 Å². The second-order valence-electron chi connectivity index (χ2n) is 10.5. The molecule has 0 saturated carbocycles. The highest BCUT2D eigenvalue weighted by molar-refractivity contribution is 5.88. The topological polar surface area (TPSA) is 134 Å². The first-order valence-electron chi connectivity index (χ1n) is 12.9. The van der Waals surface area contributed by atoms with Gasteiger partial charge in [-0.3, -0.25) is 9.59 Å². The zero-order valence-electron chi connectivity index (χ0n) is 23.3. The first kappa shape index (κ1) is 28.1. The van der Waals surface area contributed by atoms with Crippen LogP contribution < -0.4 is 14.8 Å². The predicted molar refractivity (Wildman–Crippen MR) is 141 cm³/mol. The van der Waals surface area contributed by atoms with E-state index in [0.29, 0.717) is 41.0 Å². The number of nitrogens with zero attached hydrogens (tertiary/aromatic N) is 5.